The molecule has 3 aromatic carbocycles. The molecule has 0 saturated heterocycles. The Labute approximate surface area is 136 Å². The van der Waals surface area contributed by atoms with E-state index in [0.29, 0.717) is 0 Å². The van der Waals surface area contributed by atoms with Gasteiger partial charge in [0.15, 0.2) is 0 Å². The molecule has 0 aromatic heterocycles. The molecule has 0 nitrogen and oxygen atoms in total. The van der Waals surface area contributed by atoms with E-state index in [1.807, 2.05) is 0 Å². The number of aryl methyl sites for hydroxylation is 1. The zero-order valence-electron chi connectivity index (χ0n) is 11.1. The van der Waals surface area contributed by atoms with Crippen LogP contribution in [0.3, 0.4) is 0 Å². The highest BCUT2D eigenvalue weighted by atomic mass is 79.9. The highest BCUT2D eigenvalue weighted by Crippen LogP contribution is 2.36. The minimum atomic E-state index is 0.200. The third-order valence-electron chi connectivity index (χ3n) is 3.58. The van der Waals surface area contributed by atoms with Gasteiger partial charge < -0.3 is 0 Å². The summed E-state index contributed by atoms with van der Waals surface area (Å²) in [4.78, 5) is 0.200. The van der Waals surface area contributed by atoms with Crippen LogP contribution in [0.5, 0.6) is 0 Å². The monoisotopic (exact) mass is 388 g/mol. The number of rotatable bonds is 2. The maximum atomic E-state index is 3.85. The van der Waals surface area contributed by atoms with Gasteiger partial charge in [0.05, 0.1) is 4.83 Å². The Morgan fingerprint density at radius 3 is 2.45 bits per heavy atom. The van der Waals surface area contributed by atoms with E-state index >= 15 is 0 Å². The molecule has 1 atom stereocenters. The Morgan fingerprint density at radius 2 is 1.65 bits per heavy atom. The number of fused-ring (bicyclic) bond motifs is 1. The predicted octanol–water partition coefficient (Wildman–Crippen LogP) is 6.40. The van der Waals surface area contributed by atoms with Crippen LogP contribution in [0, 0.1) is 6.92 Å². The third-order valence-corrected chi connectivity index (χ3v) is 5.46. The minimum absolute atomic E-state index is 0.200. The number of hydrogen-bond donors (Lipinski definition) is 0. The summed E-state index contributed by atoms with van der Waals surface area (Å²) >= 11 is 7.47. The molecule has 0 heterocycles. The molecule has 0 aliphatic carbocycles. The Hall–Kier alpha value is -1.12. The molecule has 0 radical (unpaired) electrons. The van der Waals surface area contributed by atoms with E-state index in [2.05, 4.69) is 99.4 Å². The fourth-order valence-electron chi connectivity index (χ4n) is 2.42. The highest BCUT2D eigenvalue weighted by Gasteiger charge is 2.13. The molecule has 0 fully saturated rings. The van der Waals surface area contributed by atoms with Crippen LogP contribution in [0.1, 0.15) is 21.5 Å². The van der Waals surface area contributed by atoms with Crippen molar-refractivity contribution in [3.05, 3.63) is 81.8 Å². The number of hydrogen-bond acceptors (Lipinski definition) is 0. The van der Waals surface area contributed by atoms with E-state index in [1.165, 1.54) is 27.5 Å². The average Bonchev–Trinajstić information content (AvgIpc) is 2.49. The first kappa shape index (κ1) is 13.8. The lowest BCUT2D eigenvalue weighted by Gasteiger charge is -2.14. The molecule has 0 amide bonds. The van der Waals surface area contributed by atoms with Gasteiger partial charge in [-0.3, -0.25) is 0 Å². The molecular formula is C18H14Br2. The van der Waals surface area contributed by atoms with Gasteiger partial charge in [-0.15, -0.1) is 0 Å². The molecule has 2 heteroatoms. The van der Waals surface area contributed by atoms with Gasteiger partial charge in [-0.05, 0) is 40.5 Å². The zero-order chi connectivity index (χ0) is 14.1. The standard InChI is InChI=1S/C18H14Br2/c1-12-9-10-14(11-17(12)19)18(20)16-8-4-6-13-5-2-3-7-15(13)16/h2-11,18H,1H3. The Bertz CT molecular complexity index is 757. The fourth-order valence-corrected chi connectivity index (χ4v) is 3.50. The second-order valence-corrected chi connectivity index (χ2v) is 6.71. The molecule has 0 saturated carbocycles. The molecule has 0 spiro atoms. The van der Waals surface area contributed by atoms with Crippen molar-refractivity contribution in [3.8, 4) is 0 Å². The summed E-state index contributed by atoms with van der Waals surface area (Å²) in [6, 6.07) is 21.5. The van der Waals surface area contributed by atoms with Gasteiger partial charge >= 0.3 is 0 Å². The molecule has 0 aliphatic heterocycles. The Balaban J connectivity index is 2.12. The SMILES string of the molecule is Cc1ccc(C(Br)c2cccc3ccccc23)cc1Br. The van der Waals surface area contributed by atoms with Crippen LogP contribution in [0.4, 0.5) is 0 Å². The molecule has 0 N–H and O–H groups in total. The summed E-state index contributed by atoms with van der Waals surface area (Å²) < 4.78 is 1.15. The normalized spacial score (nSPS) is 12.6. The second kappa shape index (κ2) is 5.71. The second-order valence-electron chi connectivity index (χ2n) is 4.94. The van der Waals surface area contributed by atoms with Crippen LogP contribution in [-0.2, 0) is 0 Å². The van der Waals surface area contributed by atoms with Crippen LogP contribution >= 0.6 is 31.9 Å². The Kier molecular flexibility index (Phi) is 3.95. The van der Waals surface area contributed by atoms with Crippen molar-refractivity contribution >= 4 is 42.6 Å². The largest absolute Gasteiger partial charge is 0.0786 e. The van der Waals surface area contributed by atoms with Crippen molar-refractivity contribution in [2.45, 2.75) is 11.8 Å². The van der Waals surface area contributed by atoms with Gasteiger partial charge in [-0.25, -0.2) is 0 Å². The summed E-state index contributed by atoms with van der Waals surface area (Å²) in [7, 11) is 0. The highest BCUT2D eigenvalue weighted by molar-refractivity contribution is 9.10. The lowest BCUT2D eigenvalue weighted by molar-refractivity contribution is 1.18. The fraction of sp³-hybridized carbons (Fsp3) is 0.111. The summed E-state index contributed by atoms with van der Waals surface area (Å²) in [6.07, 6.45) is 0. The van der Waals surface area contributed by atoms with Gasteiger partial charge in [0, 0.05) is 4.47 Å². The van der Waals surface area contributed by atoms with Gasteiger partial charge in [-0.1, -0.05) is 86.5 Å². The predicted molar refractivity (Wildman–Crippen MR) is 93.6 cm³/mol. The average molecular weight is 390 g/mol. The maximum absolute atomic E-state index is 3.85. The van der Waals surface area contributed by atoms with E-state index in [1.54, 1.807) is 0 Å². The van der Waals surface area contributed by atoms with Crippen molar-refractivity contribution in [3.63, 3.8) is 0 Å². The summed E-state index contributed by atoms with van der Waals surface area (Å²) in [5.41, 5.74) is 3.82. The topological polar surface area (TPSA) is 0 Å². The van der Waals surface area contributed by atoms with Gasteiger partial charge in [0.1, 0.15) is 0 Å². The first-order valence-corrected chi connectivity index (χ1v) is 8.25. The van der Waals surface area contributed by atoms with E-state index in [4.69, 9.17) is 0 Å². The summed E-state index contributed by atoms with van der Waals surface area (Å²) in [6.45, 7) is 2.11. The van der Waals surface area contributed by atoms with E-state index in [9.17, 15) is 0 Å². The quantitative estimate of drug-likeness (QED) is 0.445. The molecule has 1 unspecified atom stereocenters. The summed E-state index contributed by atoms with van der Waals surface area (Å²) in [5, 5.41) is 2.58. The van der Waals surface area contributed by atoms with Crippen LogP contribution in [0.25, 0.3) is 10.8 Å². The molecule has 20 heavy (non-hydrogen) atoms. The maximum Gasteiger partial charge on any atom is 0.0651 e. The van der Waals surface area contributed by atoms with E-state index < -0.39 is 0 Å². The van der Waals surface area contributed by atoms with E-state index in [0.717, 1.165) is 4.47 Å². The third kappa shape index (κ3) is 2.55. The molecule has 0 aliphatic rings. The molecule has 3 aromatic rings. The van der Waals surface area contributed by atoms with Crippen LogP contribution in [0.15, 0.2) is 65.1 Å². The van der Waals surface area contributed by atoms with Crippen molar-refractivity contribution in [1.82, 2.24) is 0 Å². The molecule has 100 valence electrons. The lowest BCUT2D eigenvalue weighted by atomic mass is 9.98. The van der Waals surface area contributed by atoms with Crippen molar-refractivity contribution in [2.75, 3.05) is 0 Å². The number of alkyl halides is 1. The first-order valence-electron chi connectivity index (χ1n) is 6.54. The zero-order valence-corrected chi connectivity index (χ0v) is 14.3. The van der Waals surface area contributed by atoms with Crippen LogP contribution in [0.2, 0.25) is 0 Å². The van der Waals surface area contributed by atoms with Crippen molar-refractivity contribution in [2.24, 2.45) is 0 Å². The van der Waals surface area contributed by atoms with Gasteiger partial charge in [0.2, 0.25) is 0 Å². The number of benzene rings is 3. The van der Waals surface area contributed by atoms with Crippen molar-refractivity contribution in [1.29, 1.82) is 0 Å². The smallest absolute Gasteiger partial charge is 0.0651 e. The van der Waals surface area contributed by atoms with E-state index in [-0.39, 0.29) is 4.83 Å². The molecule has 0 bridgehead atoms. The Morgan fingerprint density at radius 1 is 0.900 bits per heavy atom. The molecule has 3 rings (SSSR count). The lowest BCUT2D eigenvalue weighted by Crippen LogP contribution is -1.94. The first-order chi connectivity index (χ1) is 9.66. The van der Waals surface area contributed by atoms with Crippen molar-refractivity contribution < 1.29 is 0 Å². The summed E-state index contributed by atoms with van der Waals surface area (Å²) in [5.74, 6) is 0. The number of halogens is 2. The minimum Gasteiger partial charge on any atom is -0.0786 e. The van der Waals surface area contributed by atoms with Crippen LogP contribution < -0.4 is 0 Å². The van der Waals surface area contributed by atoms with Gasteiger partial charge in [-0.2, -0.15) is 0 Å². The van der Waals surface area contributed by atoms with Gasteiger partial charge in [0.25, 0.3) is 0 Å². The van der Waals surface area contributed by atoms with Crippen LogP contribution in [-0.4, -0.2) is 0 Å². The molecular weight excluding hydrogens is 376 g/mol.